The van der Waals surface area contributed by atoms with E-state index in [1.165, 1.54) is 6.07 Å². The third-order valence-electron chi connectivity index (χ3n) is 7.22. The Morgan fingerprint density at radius 2 is 2.11 bits per heavy atom. The van der Waals surface area contributed by atoms with Gasteiger partial charge in [-0.15, -0.1) is 0 Å². The molecule has 1 N–H and O–H groups in total. The van der Waals surface area contributed by atoms with Gasteiger partial charge in [0.2, 0.25) is 0 Å². The van der Waals surface area contributed by atoms with Gasteiger partial charge in [0.1, 0.15) is 23.4 Å². The lowest BCUT2D eigenvalue weighted by atomic mass is 9.93. The van der Waals surface area contributed by atoms with Crippen molar-refractivity contribution in [3.05, 3.63) is 81.1 Å². The van der Waals surface area contributed by atoms with E-state index in [0.717, 1.165) is 48.7 Å². The maximum atomic E-state index is 15.6. The molecular weight excluding hydrogens is 481 g/mol. The van der Waals surface area contributed by atoms with Crippen molar-refractivity contribution in [2.24, 2.45) is 0 Å². The van der Waals surface area contributed by atoms with Crippen LogP contribution in [0, 0.1) is 17.1 Å². The van der Waals surface area contributed by atoms with E-state index < -0.39 is 6.04 Å². The highest BCUT2D eigenvalue weighted by atomic mass is 35.5. The summed E-state index contributed by atoms with van der Waals surface area (Å²) in [7, 11) is 0. The molecule has 36 heavy (non-hydrogen) atoms. The number of rotatable bonds is 5. The van der Waals surface area contributed by atoms with Crippen LogP contribution in [0.5, 0.6) is 5.75 Å². The molecule has 1 fully saturated rings. The number of benzene rings is 2. The number of nitrogens with one attached hydrogen (secondary N) is 1. The summed E-state index contributed by atoms with van der Waals surface area (Å²) < 4.78 is 23.5. The maximum absolute atomic E-state index is 15.6. The fourth-order valence-corrected chi connectivity index (χ4v) is 5.50. The fraction of sp³-hybridized carbons (Fsp3) is 0.370. The van der Waals surface area contributed by atoms with Crippen LogP contribution in [0.4, 0.5) is 4.39 Å². The van der Waals surface area contributed by atoms with Gasteiger partial charge in [0, 0.05) is 31.6 Å². The Hall–Kier alpha value is -3.41. The van der Waals surface area contributed by atoms with E-state index in [1.807, 2.05) is 18.2 Å². The van der Waals surface area contributed by atoms with E-state index in [1.54, 1.807) is 23.1 Å². The Morgan fingerprint density at radius 1 is 1.25 bits per heavy atom. The van der Waals surface area contributed by atoms with Gasteiger partial charge < -0.3 is 19.5 Å². The van der Waals surface area contributed by atoms with Crippen LogP contribution in [0.2, 0.25) is 5.02 Å². The number of hydrogen-bond acceptors (Lipinski definition) is 5. The lowest BCUT2D eigenvalue weighted by Crippen LogP contribution is -2.44. The first kappa shape index (κ1) is 23.0. The Labute approximate surface area is 213 Å². The Bertz CT molecular complexity index is 1390. The number of aromatic nitrogens is 2. The van der Waals surface area contributed by atoms with E-state index in [9.17, 15) is 4.79 Å². The summed E-state index contributed by atoms with van der Waals surface area (Å²) >= 11 is 6.23. The molecule has 2 aromatic carbocycles. The number of carbonyl (C=O) groups is 1. The van der Waals surface area contributed by atoms with Gasteiger partial charge in [0.05, 0.1) is 34.6 Å². The third kappa shape index (κ3) is 4.12. The van der Waals surface area contributed by atoms with Crippen LogP contribution >= 0.6 is 11.6 Å². The molecule has 1 atom stereocenters. The zero-order chi connectivity index (χ0) is 24.8. The van der Waals surface area contributed by atoms with Gasteiger partial charge in [-0.1, -0.05) is 23.7 Å². The average Bonchev–Trinajstić information content (AvgIpc) is 3.67. The van der Waals surface area contributed by atoms with Crippen LogP contribution in [-0.4, -0.2) is 40.1 Å². The van der Waals surface area contributed by atoms with Crippen LogP contribution < -0.4 is 10.1 Å². The Kier molecular flexibility index (Phi) is 5.90. The van der Waals surface area contributed by atoms with Crippen molar-refractivity contribution in [1.29, 1.82) is 5.26 Å². The number of amides is 1. The molecule has 1 aromatic heterocycles. The standard InChI is InChI=1S/C27H25ClFN5O2/c28-20-11-16(13-30)1-6-23(20)36-15-25(35)34-9-7-22-27(33-10-8-31-14-24(33)32-22)26(34)19-5-4-18(12-21(19)29)17-2-3-17/h1,4-6,11-12,17,26,31H,2-3,7-10,14-15H2. The minimum Gasteiger partial charge on any atom is -0.482 e. The second-order valence-corrected chi connectivity index (χ2v) is 9.94. The molecule has 3 heterocycles. The van der Waals surface area contributed by atoms with E-state index in [-0.39, 0.29) is 23.4 Å². The summed E-state index contributed by atoms with van der Waals surface area (Å²) in [4.78, 5) is 20.1. The van der Waals surface area contributed by atoms with Crippen LogP contribution in [0.3, 0.4) is 0 Å². The minimum atomic E-state index is -0.589. The molecule has 3 aromatic rings. The quantitative estimate of drug-likeness (QED) is 0.565. The lowest BCUT2D eigenvalue weighted by molar-refractivity contribution is -0.135. The Balaban J connectivity index is 1.34. The van der Waals surface area contributed by atoms with Crippen molar-refractivity contribution in [2.75, 3.05) is 19.7 Å². The number of halogens is 2. The van der Waals surface area contributed by atoms with E-state index in [2.05, 4.69) is 9.88 Å². The predicted molar refractivity (Wildman–Crippen MR) is 131 cm³/mol. The smallest absolute Gasteiger partial charge is 0.261 e. The summed E-state index contributed by atoms with van der Waals surface area (Å²) in [5.74, 6) is 1.12. The highest BCUT2D eigenvalue weighted by molar-refractivity contribution is 6.32. The fourth-order valence-electron chi connectivity index (χ4n) is 5.27. The van der Waals surface area contributed by atoms with Crippen LogP contribution in [0.1, 0.15) is 58.7 Å². The number of nitriles is 1. The topological polar surface area (TPSA) is 83.2 Å². The molecule has 1 unspecified atom stereocenters. The molecule has 7 nitrogen and oxygen atoms in total. The van der Waals surface area contributed by atoms with Gasteiger partial charge in [0.25, 0.3) is 5.91 Å². The summed E-state index contributed by atoms with van der Waals surface area (Å²) in [5, 5.41) is 12.6. The average molecular weight is 506 g/mol. The molecular formula is C27H25ClFN5O2. The molecule has 0 bridgehead atoms. The van der Waals surface area contributed by atoms with Gasteiger partial charge in [-0.25, -0.2) is 9.37 Å². The van der Waals surface area contributed by atoms with Crippen molar-refractivity contribution in [2.45, 2.75) is 44.3 Å². The SMILES string of the molecule is N#Cc1ccc(OCC(=O)N2CCc3nc4n(c3C2c2ccc(C3CC3)cc2F)CCNC4)c(Cl)c1. The number of fused-ring (bicyclic) bond motifs is 3. The van der Waals surface area contributed by atoms with Gasteiger partial charge in [0.15, 0.2) is 6.61 Å². The van der Waals surface area contributed by atoms with E-state index >= 15 is 4.39 Å². The number of ether oxygens (including phenoxy) is 1. The lowest BCUT2D eigenvalue weighted by Gasteiger charge is -2.37. The maximum Gasteiger partial charge on any atom is 0.261 e. The molecule has 9 heteroatoms. The third-order valence-corrected chi connectivity index (χ3v) is 7.51. The highest BCUT2D eigenvalue weighted by Gasteiger charge is 2.39. The largest absolute Gasteiger partial charge is 0.482 e. The monoisotopic (exact) mass is 505 g/mol. The molecule has 0 saturated heterocycles. The van der Waals surface area contributed by atoms with Crippen LogP contribution in [0.25, 0.3) is 0 Å². The van der Waals surface area contributed by atoms with Crippen molar-refractivity contribution in [3.8, 4) is 11.8 Å². The van der Waals surface area contributed by atoms with Gasteiger partial charge in [-0.05, 0) is 48.6 Å². The zero-order valence-corrected chi connectivity index (χ0v) is 20.4. The number of imidazole rings is 1. The van der Waals surface area contributed by atoms with Crippen molar-refractivity contribution in [3.63, 3.8) is 0 Å². The molecule has 3 aliphatic rings. The van der Waals surface area contributed by atoms with E-state index in [4.69, 9.17) is 26.6 Å². The summed E-state index contributed by atoms with van der Waals surface area (Å²) in [5.41, 5.74) is 3.72. The molecule has 1 aliphatic carbocycles. The van der Waals surface area contributed by atoms with Gasteiger partial charge in [-0.3, -0.25) is 4.79 Å². The van der Waals surface area contributed by atoms with Crippen molar-refractivity contribution < 1.29 is 13.9 Å². The van der Waals surface area contributed by atoms with Crippen LogP contribution in [-0.2, 0) is 24.3 Å². The normalized spacial score (nSPS) is 18.8. The van der Waals surface area contributed by atoms with E-state index in [0.29, 0.717) is 42.3 Å². The number of nitrogens with zero attached hydrogens (tertiary/aromatic N) is 4. The van der Waals surface area contributed by atoms with Crippen LogP contribution in [0.15, 0.2) is 36.4 Å². The van der Waals surface area contributed by atoms with Crippen molar-refractivity contribution in [1.82, 2.24) is 19.8 Å². The molecule has 0 radical (unpaired) electrons. The first-order chi connectivity index (χ1) is 17.5. The second kappa shape index (κ2) is 9.23. The molecule has 2 aliphatic heterocycles. The molecule has 6 rings (SSSR count). The minimum absolute atomic E-state index is 0.248. The first-order valence-corrected chi connectivity index (χ1v) is 12.6. The van der Waals surface area contributed by atoms with Gasteiger partial charge >= 0.3 is 0 Å². The highest BCUT2D eigenvalue weighted by Crippen LogP contribution is 2.43. The second-order valence-electron chi connectivity index (χ2n) is 9.53. The molecule has 1 amide bonds. The molecule has 0 spiro atoms. The molecule has 1 saturated carbocycles. The summed E-state index contributed by atoms with van der Waals surface area (Å²) in [6, 6.07) is 11.6. The number of carbonyl (C=O) groups excluding carboxylic acids is 1. The van der Waals surface area contributed by atoms with Crippen molar-refractivity contribution >= 4 is 17.5 Å². The predicted octanol–water partition coefficient (Wildman–Crippen LogP) is 4.08. The van der Waals surface area contributed by atoms with Gasteiger partial charge in [-0.2, -0.15) is 5.26 Å². The zero-order valence-electron chi connectivity index (χ0n) is 19.6. The summed E-state index contributed by atoms with van der Waals surface area (Å²) in [6.45, 7) is 2.32. The molecule has 184 valence electrons. The number of hydrogen-bond donors (Lipinski definition) is 1. The summed E-state index contributed by atoms with van der Waals surface area (Å²) in [6.07, 6.45) is 2.78. The Morgan fingerprint density at radius 3 is 2.86 bits per heavy atom. The first-order valence-electron chi connectivity index (χ1n) is 12.2.